The molecule has 6 heteroatoms. The van der Waals surface area contributed by atoms with Crippen molar-refractivity contribution in [2.45, 2.75) is 25.9 Å². The van der Waals surface area contributed by atoms with E-state index in [1.165, 1.54) is 6.08 Å². The Bertz CT molecular complexity index is 967. The number of rotatable bonds is 6. The van der Waals surface area contributed by atoms with Crippen LogP contribution in [0.3, 0.4) is 0 Å². The molecular formula is C22H25NO4S. The number of benzene rings is 2. The highest BCUT2D eigenvalue weighted by molar-refractivity contribution is 7.91. The Hall–Kier alpha value is -2.60. The van der Waals surface area contributed by atoms with E-state index in [1.807, 2.05) is 55.5 Å². The summed E-state index contributed by atoms with van der Waals surface area (Å²) in [6.07, 6.45) is 3.71. The number of aryl methyl sites for hydroxylation is 1. The number of nitrogens with zero attached hydrogens (tertiary/aromatic N) is 1. The fourth-order valence-electron chi connectivity index (χ4n) is 3.43. The van der Waals surface area contributed by atoms with Gasteiger partial charge in [-0.1, -0.05) is 42.0 Å². The van der Waals surface area contributed by atoms with Gasteiger partial charge in [0.05, 0.1) is 18.6 Å². The number of sulfone groups is 1. The van der Waals surface area contributed by atoms with Gasteiger partial charge in [0.1, 0.15) is 5.75 Å². The lowest BCUT2D eigenvalue weighted by Gasteiger charge is -2.27. The van der Waals surface area contributed by atoms with Crippen LogP contribution >= 0.6 is 0 Å². The molecule has 0 N–H and O–H groups in total. The molecule has 5 nitrogen and oxygen atoms in total. The predicted molar refractivity (Wildman–Crippen MR) is 111 cm³/mol. The van der Waals surface area contributed by atoms with Crippen LogP contribution in [0.25, 0.3) is 6.08 Å². The zero-order chi connectivity index (χ0) is 20.1. The molecule has 0 saturated carbocycles. The summed E-state index contributed by atoms with van der Waals surface area (Å²) in [6.45, 7) is 2.36. The van der Waals surface area contributed by atoms with E-state index in [0.29, 0.717) is 18.7 Å². The van der Waals surface area contributed by atoms with Crippen LogP contribution in [0, 0.1) is 6.92 Å². The first-order valence-electron chi connectivity index (χ1n) is 9.25. The SMILES string of the molecule is COc1ccc(C)cc1/C=C/C(=O)N(Cc1ccccc1)C1CCS(=O)(=O)C1. The molecule has 148 valence electrons. The minimum atomic E-state index is -3.09. The second-order valence-corrected chi connectivity index (χ2v) is 9.32. The first-order chi connectivity index (χ1) is 13.4. The summed E-state index contributed by atoms with van der Waals surface area (Å²) in [6, 6.07) is 15.1. The molecule has 1 amide bonds. The van der Waals surface area contributed by atoms with Gasteiger partial charge in [0.2, 0.25) is 5.91 Å². The van der Waals surface area contributed by atoms with Crippen LogP contribution in [0.5, 0.6) is 5.75 Å². The minimum absolute atomic E-state index is 0.0210. The Morgan fingerprint density at radius 3 is 2.61 bits per heavy atom. The third kappa shape index (κ3) is 5.01. The van der Waals surface area contributed by atoms with Crippen LogP contribution in [0.15, 0.2) is 54.6 Å². The van der Waals surface area contributed by atoms with Crippen molar-refractivity contribution in [3.63, 3.8) is 0 Å². The first kappa shape index (κ1) is 20.1. The van der Waals surface area contributed by atoms with Crippen molar-refractivity contribution in [2.24, 2.45) is 0 Å². The van der Waals surface area contributed by atoms with Crippen LogP contribution in [0.2, 0.25) is 0 Å². The maximum Gasteiger partial charge on any atom is 0.247 e. The van der Waals surface area contributed by atoms with E-state index >= 15 is 0 Å². The highest BCUT2D eigenvalue weighted by Gasteiger charge is 2.34. The van der Waals surface area contributed by atoms with Gasteiger partial charge in [-0.15, -0.1) is 0 Å². The molecule has 1 heterocycles. The van der Waals surface area contributed by atoms with E-state index in [0.717, 1.165) is 16.7 Å². The molecule has 1 atom stereocenters. The van der Waals surface area contributed by atoms with Crippen LogP contribution in [0.4, 0.5) is 0 Å². The van der Waals surface area contributed by atoms with E-state index in [9.17, 15) is 13.2 Å². The molecule has 0 bridgehead atoms. The molecule has 1 saturated heterocycles. The Morgan fingerprint density at radius 2 is 1.96 bits per heavy atom. The van der Waals surface area contributed by atoms with Gasteiger partial charge in [-0.05, 0) is 37.1 Å². The van der Waals surface area contributed by atoms with Crippen LogP contribution in [0.1, 0.15) is 23.1 Å². The summed E-state index contributed by atoms with van der Waals surface area (Å²) in [4.78, 5) is 14.7. The van der Waals surface area contributed by atoms with Crippen molar-refractivity contribution in [1.29, 1.82) is 0 Å². The van der Waals surface area contributed by atoms with Crippen LogP contribution < -0.4 is 4.74 Å². The second-order valence-electron chi connectivity index (χ2n) is 7.09. The van der Waals surface area contributed by atoms with Gasteiger partial charge in [0.25, 0.3) is 0 Å². The third-order valence-electron chi connectivity index (χ3n) is 4.92. The molecule has 28 heavy (non-hydrogen) atoms. The van der Waals surface area contributed by atoms with Gasteiger partial charge >= 0.3 is 0 Å². The largest absolute Gasteiger partial charge is 0.496 e. The van der Waals surface area contributed by atoms with Gasteiger partial charge in [-0.25, -0.2) is 8.42 Å². The molecule has 1 aliphatic rings. The van der Waals surface area contributed by atoms with Crippen LogP contribution in [-0.4, -0.2) is 43.9 Å². The average molecular weight is 400 g/mol. The average Bonchev–Trinajstić information content (AvgIpc) is 3.04. The molecule has 2 aromatic carbocycles. The molecule has 0 spiro atoms. The summed E-state index contributed by atoms with van der Waals surface area (Å²) in [5, 5.41) is 0. The normalized spacial score (nSPS) is 18.3. The maximum absolute atomic E-state index is 13.0. The minimum Gasteiger partial charge on any atom is -0.496 e. The zero-order valence-electron chi connectivity index (χ0n) is 16.2. The summed E-state index contributed by atoms with van der Waals surface area (Å²) < 4.78 is 29.3. The fraction of sp³-hybridized carbons (Fsp3) is 0.318. The van der Waals surface area contributed by atoms with Crippen molar-refractivity contribution in [2.75, 3.05) is 18.6 Å². The third-order valence-corrected chi connectivity index (χ3v) is 6.67. The molecular weight excluding hydrogens is 374 g/mol. The van der Waals surface area contributed by atoms with Crippen molar-refractivity contribution in [1.82, 2.24) is 4.90 Å². The number of hydrogen-bond acceptors (Lipinski definition) is 4. The van der Waals surface area contributed by atoms with Gasteiger partial charge < -0.3 is 9.64 Å². The molecule has 3 rings (SSSR count). The molecule has 1 fully saturated rings. The van der Waals surface area contributed by atoms with Crippen molar-refractivity contribution in [3.8, 4) is 5.75 Å². The van der Waals surface area contributed by atoms with Crippen LogP contribution in [-0.2, 0) is 21.2 Å². The number of amides is 1. The zero-order valence-corrected chi connectivity index (χ0v) is 17.0. The Balaban J connectivity index is 1.85. The summed E-state index contributed by atoms with van der Waals surface area (Å²) >= 11 is 0. The van der Waals surface area contributed by atoms with E-state index in [1.54, 1.807) is 18.1 Å². The molecule has 1 aliphatic heterocycles. The number of methoxy groups -OCH3 is 1. The van der Waals surface area contributed by atoms with Gasteiger partial charge in [-0.3, -0.25) is 4.79 Å². The lowest BCUT2D eigenvalue weighted by atomic mass is 10.1. The Labute approximate surface area is 166 Å². The number of carbonyl (C=O) groups excluding carboxylic acids is 1. The lowest BCUT2D eigenvalue weighted by Crippen LogP contribution is -2.39. The number of ether oxygens (including phenoxy) is 1. The standard InChI is InChI=1S/C22H25NO4S/c1-17-8-10-21(27-2)19(14-17)9-11-22(24)23(15-18-6-4-3-5-7-18)20-12-13-28(25,26)16-20/h3-11,14,20H,12-13,15-16H2,1-2H3/b11-9+. The Morgan fingerprint density at radius 1 is 1.21 bits per heavy atom. The van der Waals surface area contributed by atoms with E-state index in [2.05, 4.69) is 0 Å². The first-order valence-corrected chi connectivity index (χ1v) is 11.1. The Kier molecular flexibility index (Phi) is 6.19. The summed E-state index contributed by atoms with van der Waals surface area (Å²) in [5.74, 6) is 0.640. The topological polar surface area (TPSA) is 63.7 Å². The van der Waals surface area contributed by atoms with E-state index < -0.39 is 9.84 Å². The maximum atomic E-state index is 13.0. The highest BCUT2D eigenvalue weighted by atomic mass is 32.2. The van der Waals surface area contributed by atoms with Crippen molar-refractivity contribution < 1.29 is 17.9 Å². The highest BCUT2D eigenvalue weighted by Crippen LogP contribution is 2.23. The summed E-state index contributed by atoms with van der Waals surface area (Å²) in [7, 11) is -1.50. The molecule has 2 aromatic rings. The molecule has 0 radical (unpaired) electrons. The van der Waals surface area contributed by atoms with E-state index in [-0.39, 0.29) is 23.5 Å². The smallest absolute Gasteiger partial charge is 0.247 e. The van der Waals surface area contributed by atoms with Gasteiger partial charge in [0.15, 0.2) is 9.84 Å². The quantitative estimate of drug-likeness (QED) is 0.700. The molecule has 0 aromatic heterocycles. The number of carbonyl (C=O) groups is 1. The summed E-state index contributed by atoms with van der Waals surface area (Å²) in [5.41, 5.74) is 2.85. The molecule has 0 aliphatic carbocycles. The predicted octanol–water partition coefficient (Wildman–Crippen LogP) is 3.23. The molecule has 1 unspecified atom stereocenters. The fourth-order valence-corrected chi connectivity index (χ4v) is 5.16. The lowest BCUT2D eigenvalue weighted by molar-refractivity contribution is -0.128. The number of hydrogen-bond donors (Lipinski definition) is 0. The van der Waals surface area contributed by atoms with Crippen molar-refractivity contribution >= 4 is 21.8 Å². The monoisotopic (exact) mass is 399 g/mol. The van der Waals surface area contributed by atoms with Gasteiger partial charge in [0, 0.05) is 24.2 Å². The van der Waals surface area contributed by atoms with E-state index in [4.69, 9.17) is 4.74 Å². The second kappa shape index (κ2) is 8.61. The van der Waals surface area contributed by atoms with Crippen molar-refractivity contribution in [3.05, 3.63) is 71.3 Å². The van der Waals surface area contributed by atoms with Gasteiger partial charge in [-0.2, -0.15) is 0 Å².